The van der Waals surface area contributed by atoms with Crippen molar-refractivity contribution in [1.82, 2.24) is 9.66 Å². The van der Waals surface area contributed by atoms with Gasteiger partial charge in [-0.05, 0) is 52.7 Å². The number of ether oxygens (including phenoxy) is 3. The van der Waals surface area contributed by atoms with Gasteiger partial charge in [0.25, 0.3) is 5.56 Å². The molecule has 10 heteroatoms. The molecule has 3 rings (SSSR count). The van der Waals surface area contributed by atoms with Crippen LogP contribution in [0.15, 0.2) is 55.6 Å². The van der Waals surface area contributed by atoms with Crippen LogP contribution in [-0.2, 0) is 9.53 Å². The summed E-state index contributed by atoms with van der Waals surface area (Å²) in [5, 5.41) is 4.37. The molecule has 0 saturated heterocycles. The molecule has 0 saturated carbocycles. The number of halogens is 1. The van der Waals surface area contributed by atoms with Crippen LogP contribution >= 0.6 is 15.9 Å². The summed E-state index contributed by atoms with van der Waals surface area (Å²) in [5.41, 5.74) is -0.215. The Labute approximate surface area is 179 Å². The number of hydrogen-bond acceptors (Lipinski definition) is 7. The first-order valence-corrected chi connectivity index (χ1v) is 9.68. The predicted molar refractivity (Wildman–Crippen MR) is 115 cm³/mol. The second kappa shape index (κ2) is 9.40. The molecule has 1 aromatic heterocycles. The number of fused-ring (bicyclic) bond motifs is 1. The van der Waals surface area contributed by atoms with Gasteiger partial charge in [-0.15, -0.1) is 4.68 Å². The highest BCUT2D eigenvalue weighted by atomic mass is 79.9. The molecule has 156 valence electrons. The molecule has 3 aromatic rings. The third-order valence-electron chi connectivity index (χ3n) is 4.00. The Hall–Kier alpha value is -3.40. The van der Waals surface area contributed by atoms with Crippen LogP contribution in [0.3, 0.4) is 0 Å². The lowest BCUT2D eigenvalue weighted by atomic mass is 10.2. The normalized spacial score (nSPS) is 11.0. The number of carbonyl (C=O) groups excluding carboxylic acids is 1. The SMILES string of the molecule is CCOc1cc(C=Nn2c(=O)[nH]c3ccccc3c2=O)cc(Br)c1OCC(=O)OC. The van der Waals surface area contributed by atoms with E-state index in [0.29, 0.717) is 39.0 Å². The fraction of sp³-hybridized carbons (Fsp3) is 0.200. The molecule has 0 aliphatic heterocycles. The summed E-state index contributed by atoms with van der Waals surface area (Å²) in [6.07, 6.45) is 1.35. The number of rotatable bonds is 7. The van der Waals surface area contributed by atoms with Crippen LogP contribution in [0.25, 0.3) is 10.9 Å². The van der Waals surface area contributed by atoms with Crippen LogP contribution < -0.4 is 20.7 Å². The summed E-state index contributed by atoms with van der Waals surface area (Å²) in [4.78, 5) is 38.8. The van der Waals surface area contributed by atoms with Gasteiger partial charge in [0.2, 0.25) is 0 Å². The number of aromatic nitrogens is 2. The minimum absolute atomic E-state index is 0.287. The molecular formula is C20H18BrN3O6. The van der Waals surface area contributed by atoms with Gasteiger partial charge in [-0.3, -0.25) is 4.79 Å². The van der Waals surface area contributed by atoms with Crippen molar-refractivity contribution in [2.75, 3.05) is 20.3 Å². The first-order valence-electron chi connectivity index (χ1n) is 8.89. The zero-order valence-corrected chi connectivity index (χ0v) is 17.8. The standard InChI is InChI=1S/C20H18BrN3O6/c1-3-29-16-9-12(8-14(21)18(16)30-11-17(25)28-2)10-22-24-19(26)13-6-4-5-7-15(13)23-20(24)27/h4-10H,3,11H2,1-2H3,(H,23,27). The molecule has 1 N–H and O–H groups in total. The van der Waals surface area contributed by atoms with E-state index in [0.717, 1.165) is 4.68 Å². The van der Waals surface area contributed by atoms with E-state index in [2.05, 4.69) is 30.8 Å². The van der Waals surface area contributed by atoms with E-state index in [-0.39, 0.29) is 6.61 Å². The number of esters is 1. The molecule has 1 heterocycles. The van der Waals surface area contributed by atoms with Gasteiger partial charge in [-0.1, -0.05) is 12.1 Å². The summed E-state index contributed by atoms with van der Waals surface area (Å²) in [7, 11) is 1.26. The van der Waals surface area contributed by atoms with Crippen LogP contribution in [0.5, 0.6) is 11.5 Å². The zero-order valence-electron chi connectivity index (χ0n) is 16.2. The highest BCUT2D eigenvalue weighted by Gasteiger charge is 2.14. The van der Waals surface area contributed by atoms with Gasteiger partial charge in [-0.25, -0.2) is 9.59 Å². The molecule has 0 aliphatic rings. The van der Waals surface area contributed by atoms with E-state index in [1.165, 1.54) is 13.3 Å². The van der Waals surface area contributed by atoms with Gasteiger partial charge in [-0.2, -0.15) is 5.10 Å². The zero-order chi connectivity index (χ0) is 21.7. The van der Waals surface area contributed by atoms with E-state index < -0.39 is 17.2 Å². The first-order chi connectivity index (χ1) is 14.4. The van der Waals surface area contributed by atoms with Gasteiger partial charge < -0.3 is 19.2 Å². The average molecular weight is 476 g/mol. The summed E-state index contributed by atoms with van der Waals surface area (Å²) >= 11 is 3.37. The van der Waals surface area contributed by atoms with Gasteiger partial charge in [0.1, 0.15) is 0 Å². The molecule has 0 radical (unpaired) electrons. The molecule has 30 heavy (non-hydrogen) atoms. The molecule has 0 bridgehead atoms. The topological polar surface area (TPSA) is 112 Å². The molecule has 0 aliphatic carbocycles. The van der Waals surface area contributed by atoms with Gasteiger partial charge in [0.05, 0.1) is 35.3 Å². The summed E-state index contributed by atoms with van der Waals surface area (Å²) in [6.45, 7) is 1.86. The van der Waals surface area contributed by atoms with Crippen molar-refractivity contribution in [3.63, 3.8) is 0 Å². The lowest BCUT2D eigenvalue weighted by Gasteiger charge is -2.13. The fourth-order valence-corrected chi connectivity index (χ4v) is 3.21. The van der Waals surface area contributed by atoms with E-state index in [1.807, 2.05) is 0 Å². The smallest absolute Gasteiger partial charge is 0.349 e. The molecule has 0 amide bonds. The van der Waals surface area contributed by atoms with Crippen LogP contribution in [-0.4, -0.2) is 42.2 Å². The Morgan fingerprint density at radius 3 is 2.73 bits per heavy atom. The summed E-state index contributed by atoms with van der Waals surface area (Å²) in [6, 6.07) is 9.95. The second-order valence-corrected chi connectivity index (χ2v) is 6.82. The average Bonchev–Trinajstić information content (AvgIpc) is 2.73. The van der Waals surface area contributed by atoms with Crippen molar-refractivity contribution >= 4 is 39.0 Å². The van der Waals surface area contributed by atoms with Crippen molar-refractivity contribution in [2.45, 2.75) is 6.92 Å². The molecule has 9 nitrogen and oxygen atoms in total. The Kier molecular flexibility index (Phi) is 6.68. The third-order valence-corrected chi connectivity index (χ3v) is 4.59. The van der Waals surface area contributed by atoms with E-state index >= 15 is 0 Å². The van der Waals surface area contributed by atoms with Crippen molar-refractivity contribution in [3.05, 3.63) is 67.3 Å². The maximum absolute atomic E-state index is 12.6. The van der Waals surface area contributed by atoms with Crippen LogP contribution in [0.2, 0.25) is 0 Å². The monoisotopic (exact) mass is 475 g/mol. The lowest BCUT2D eigenvalue weighted by Crippen LogP contribution is -2.32. The first kappa shape index (κ1) is 21.3. The third kappa shape index (κ3) is 4.60. The molecule has 0 fully saturated rings. The number of nitrogens with one attached hydrogen (secondary N) is 1. The fourth-order valence-electron chi connectivity index (χ4n) is 2.64. The number of carbonyl (C=O) groups is 1. The van der Waals surface area contributed by atoms with Crippen molar-refractivity contribution < 1.29 is 19.0 Å². The quantitative estimate of drug-likeness (QED) is 0.414. The Balaban J connectivity index is 1.98. The largest absolute Gasteiger partial charge is 0.490 e. The highest BCUT2D eigenvalue weighted by Crippen LogP contribution is 2.36. The number of benzene rings is 2. The second-order valence-electron chi connectivity index (χ2n) is 5.97. The van der Waals surface area contributed by atoms with Gasteiger partial charge in [0, 0.05) is 0 Å². The number of hydrogen-bond donors (Lipinski definition) is 1. The number of para-hydroxylation sites is 1. The van der Waals surface area contributed by atoms with Crippen LogP contribution in [0.4, 0.5) is 0 Å². The number of aromatic amines is 1. The van der Waals surface area contributed by atoms with Crippen molar-refractivity contribution in [3.8, 4) is 11.5 Å². The van der Waals surface area contributed by atoms with Crippen molar-refractivity contribution in [2.24, 2.45) is 5.10 Å². The van der Waals surface area contributed by atoms with E-state index in [1.54, 1.807) is 43.3 Å². The molecule has 2 aromatic carbocycles. The maximum Gasteiger partial charge on any atom is 0.349 e. The minimum Gasteiger partial charge on any atom is -0.490 e. The number of H-pyrrole nitrogens is 1. The van der Waals surface area contributed by atoms with Crippen molar-refractivity contribution in [1.29, 1.82) is 0 Å². The molecule has 0 unspecified atom stereocenters. The summed E-state index contributed by atoms with van der Waals surface area (Å²) < 4.78 is 16.9. The minimum atomic E-state index is -0.655. The number of nitrogens with zero attached hydrogens (tertiary/aromatic N) is 2. The number of methoxy groups -OCH3 is 1. The Morgan fingerprint density at radius 2 is 2.00 bits per heavy atom. The van der Waals surface area contributed by atoms with Gasteiger partial charge >= 0.3 is 11.7 Å². The Morgan fingerprint density at radius 1 is 1.23 bits per heavy atom. The predicted octanol–water partition coefficient (Wildman–Crippen LogP) is 2.29. The Bertz CT molecular complexity index is 1230. The highest BCUT2D eigenvalue weighted by molar-refractivity contribution is 9.10. The van der Waals surface area contributed by atoms with Crippen LogP contribution in [0.1, 0.15) is 12.5 Å². The molecule has 0 atom stereocenters. The van der Waals surface area contributed by atoms with Crippen LogP contribution in [0, 0.1) is 0 Å². The van der Waals surface area contributed by atoms with E-state index in [4.69, 9.17) is 9.47 Å². The van der Waals surface area contributed by atoms with Gasteiger partial charge in [0.15, 0.2) is 18.1 Å². The summed E-state index contributed by atoms with van der Waals surface area (Å²) in [5.74, 6) is 0.141. The molecule has 0 spiro atoms. The molecular weight excluding hydrogens is 458 g/mol. The lowest BCUT2D eigenvalue weighted by molar-refractivity contribution is -0.142. The maximum atomic E-state index is 12.6. The van der Waals surface area contributed by atoms with E-state index in [9.17, 15) is 14.4 Å².